The standard InChI is InChI=1S/C25H22FN7O2/c1-2-21(34)31-8-7-17(11-31)33-10-16(22-23(33)25(35)30-29-24(22)27)6-5-15-9-20-28-19(14-3-4-14)13-32(20)12-18(15)26/h2,9-10,12-14,17H,1,3-4,7-8,11H2,(H2,27,29)(H,30,35)/t17-/m0/s1. The zero-order chi connectivity index (χ0) is 24.3. The second-order valence-corrected chi connectivity index (χ2v) is 9.03. The molecule has 0 unspecified atom stereocenters. The third-order valence-electron chi connectivity index (χ3n) is 6.71. The molecule has 1 saturated carbocycles. The molecule has 2 aliphatic rings. The second-order valence-electron chi connectivity index (χ2n) is 9.03. The molecule has 4 aromatic heterocycles. The number of anilines is 1. The van der Waals surface area contributed by atoms with Crippen molar-refractivity contribution >= 4 is 28.3 Å². The quantitative estimate of drug-likeness (QED) is 0.352. The van der Waals surface area contributed by atoms with Gasteiger partial charge in [-0.1, -0.05) is 18.4 Å². The van der Waals surface area contributed by atoms with Crippen molar-refractivity contribution in [1.82, 2.24) is 29.0 Å². The molecule has 176 valence electrons. The maximum atomic E-state index is 14.8. The Morgan fingerprint density at radius 1 is 1.23 bits per heavy atom. The number of carbonyl (C=O) groups excluding carboxylic acids is 1. The Balaban J connectivity index is 1.43. The number of rotatable bonds is 3. The molecule has 9 nitrogen and oxygen atoms in total. The summed E-state index contributed by atoms with van der Waals surface area (Å²) >= 11 is 0. The van der Waals surface area contributed by atoms with Gasteiger partial charge in [0.2, 0.25) is 5.91 Å². The number of nitrogens with two attached hydrogens (primary N) is 1. The van der Waals surface area contributed by atoms with E-state index in [1.54, 1.807) is 26.1 Å². The summed E-state index contributed by atoms with van der Waals surface area (Å²) in [5, 5.41) is 6.72. The number of imidazole rings is 1. The van der Waals surface area contributed by atoms with Crippen molar-refractivity contribution in [2.45, 2.75) is 31.2 Å². The third kappa shape index (κ3) is 3.56. The van der Waals surface area contributed by atoms with Crippen molar-refractivity contribution in [2.24, 2.45) is 0 Å². The molecule has 0 aromatic carbocycles. The average Bonchev–Trinajstić information content (AvgIpc) is 3.26. The molecule has 3 N–H and O–H groups in total. The van der Waals surface area contributed by atoms with Crippen molar-refractivity contribution < 1.29 is 9.18 Å². The first-order valence-corrected chi connectivity index (χ1v) is 11.4. The Morgan fingerprint density at radius 3 is 2.80 bits per heavy atom. The number of fused-ring (bicyclic) bond motifs is 2. The largest absolute Gasteiger partial charge is 0.382 e. The van der Waals surface area contributed by atoms with E-state index >= 15 is 0 Å². The van der Waals surface area contributed by atoms with Crippen molar-refractivity contribution in [1.29, 1.82) is 0 Å². The highest BCUT2D eigenvalue weighted by Crippen LogP contribution is 2.39. The normalized spacial score (nSPS) is 17.6. The molecule has 1 amide bonds. The summed E-state index contributed by atoms with van der Waals surface area (Å²) in [7, 11) is 0. The first kappa shape index (κ1) is 21.2. The first-order chi connectivity index (χ1) is 16.9. The van der Waals surface area contributed by atoms with Gasteiger partial charge in [0, 0.05) is 43.7 Å². The van der Waals surface area contributed by atoms with Gasteiger partial charge in [0.25, 0.3) is 5.56 Å². The lowest BCUT2D eigenvalue weighted by molar-refractivity contribution is -0.125. The van der Waals surface area contributed by atoms with Crippen LogP contribution >= 0.6 is 0 Å². The van der Waals surface area contributed by atoms with Gasteiger partial charge in [0.1, 0.15) is 11.2 Å². The van der Waals surface area contributed by atoms with E-state index in [2.05, 4.69) is 33.6 Å². The van der Waals surface area contributed by atoms with Crippen LogP contribution in [-0.4, -0.2) is 48.0 Å². The third-order valence-corrected chi connectivity index (χ3v) is 6.71. The lowest BCUT2D eigenvalue weighted by Gasteiger charge is -2.16. The maximum absolute atomic E-state index is 14.8. The van der Waals surface area contributed by atoms with Crippen LogP contribution in [0.2, 0.25) is 0 Å². The Kier molecular flexibility index (Phi) is 4.74. The van der Waals surface area contributed by atoms with Crippen molar-refractivity contribution in [3.8, 4) is 11.8 Å². The SMILES string of the molecule is C=CC(=O)N1CC[C@H](n2cc(C#Cc3cc4nc(C5CC5)cn4cc3F)c3c(N)n[nH]c(=O)c32)C1. The average molecular weight is 471 g/mol. The minimum absolute atomic E-state index is 0.123. The molecule has 0 bridgehead atoms. The van der Waals surface area contributed by atoms with Gasteiger partial charge in [-0.2, -0.15) is 5.10 Å². The zero-order valence-corrected chi connectivity index (χ0v) is 18.8. The van der Waals surface area contributed by atoms with Gasteiger partial charge in [0.05, 0.1) is 28.2 Å². The first-order valence-electron chi connectivity index (χ1n) is 11.4. The smallest absolute Gasteiger partial charge is 0.288 e. The second kappa shape index (κ2) is 7.84. The number of aromatic amines is 1. The zero-order valence-electron chi connectivity index (χ0n) is 18.8. The number of carbonyl (C=O) groups is 1. The molecule has 6 rings (SSSR count). The van der Waals surface area contributed by atoms with Crippen LogP contribution in [0, 0.1) is 17.7 Å². The summed E-state index contributed by atoms with van der Waals surface area (Å²) < 4.78 is 18.3. The number of pyridine rings is 1. The summed E-state index contributed by atoms with van der Waals surface area (Å²) in [5.41, 5.74) is 8.31. The molecule has 0 radical (unpaired) electrons. The number of nitrogens with one attached hydrogen (secondary N) is 1. The highest BCUT2D eigenvalue weighted by molar-refractivity contribution is 5.94. The Labute approximate surface area is 199 Å². The predicted octanol–water partition coefficient (Wildman–Crippen LogP) is 2.33. The van der Waals surface area contributed by atoms with Gasteiger partial charge in [-0.3, -0.25) is 9.59 Å². The van der Waals surface area contributed by atoms with Gasteiger partial charge >= 0.3 is 0 Å². The fourth-order valence-electron chi connectivity index (χ4n) is 4.75. The number of amides is 1. The number of H-pyrrole nitrogens is 1. The topological polar surface area (TPSA) is 114 Å². The number of aromatic nitrogens is 5. The molecule has 35 heavy (non-hydrogen) atoms. The van der Waals surface area contributed by atoms with E-state index in [1.165, 1.54) is 12.3 Å². The molecule has 2 fully saturated rings. The summed E-state index contributed by atoms with van der Waals surface area (Å²) in [6.07, 6.45) is 9.13. The van der Waals surface area contributed by atoms with Gasteiger partial charge in [-0.25, -0.2) is 14.5 Å². The van der Waals surface area contributed by atoms with E-state index in [0.29, 0.717) is 47.5 Å². The van der Waals surface area contributed by atoms with Crippen molar-refractivity contribution in [3.05, 3.63) is 70.3 Å². The van der Waals surface area contributed by atoms with Crippen molar-refractivity contribution in [3.63, 3.8) is 0 Å². The van der Waals surface area contributed by atoms with E-state index in [0.717, 1.165) is 18.5 Å². The van der Waals surface area contributed by atoms with E-state index in [1.807, 2.05) is 6.20 Å². The van der Waals surface area contributed by atoms with E-state index < -0.39 is 11.4 Å². The Morgan fingerprint density at radius 2 is 2.03 bits per heavy atom. The number of likely N-dealkylation sites (tertiary alicyclic amines) is 1. The molecule has 0 spiro atoms. The molecule has 5 heterocycles. The fraction of sp³-hybridized carbons (Fsp3) is 0.280. The highest BCUT2D eigenvalue weighted by atomic mass is 19.1. The predicted molar refractivity (Wildman–Crippen MR) is 128 cm³/mol. The summed E-state index contributed by atoms with van der Waals surface area (Å²) in [6, 6.07) is 1.48. The van der Waals surface area contributed by atoms with Crippen LogP contribution in [0.1, 0.15) is 48.0 Å². The van der Waals surface area contributed by atoms with Crippen LogP contribution < -0.4 is 11.3 Å². The minimum Gasteiger partial charge on any atom is -0.382 e. The number of hydrogen-bond acceptors (Lipinski definition) is 5. The molecule has 1 atom stereocenters. The number of nitrogens with zero attached hydrogens (tertiary/aromatic N) is 5. The monoisotopic (exact) mass is 471 g/mol. The van der Waals surface area contributed by atoms with E-state index in [9.17, 15) is 14.0 Å². The van der Waals surface area contributed by atoms with E-state index in [4.69, 9.17) is 5.73 Å². The van der Waals surface area contributed by atoms with Gasteiger partial charge in [-0.15, -0.1) is 0 Å². The molecule has 1 saturated heterocycles. The van der Waals surface area contributed by atoms with Crippen LogP contribution in [-0.2, 0) is 4.79 Å². The summed E-state index contributed by atoms with van der Waals surface area (Å²) in [6.45, 7) is 4.52. The van der Waals surface area contributed by atoms with Gasteiger partial charge in [0.15, 0.2) is 11.6 Å². The molecule has 1 aliphatic carbocycles. The maximum Gasteiger partial charge on any atom is 0.288 e. The number of halogens is 1. The van der Waals surface area contributed by atoms with Crippen LogP contribution in [0.4, 0.5) is 10.2 Å². The van der Waals surface area contributed by atoms with Gasteiger partial charge < -0.3 is 19.6 Å². The van der Waals surface area contributed by atoms with Gasteiger partial charge in [-0.05, 0) is 25.3 Å². The molecule has 4 aromatic rings. The molecule has 10 heteroatoms. The Bertz CT molecular complexity index is 1650. The lowest BCUT2D eigenvalue weighted by atomic mass is 10.2. The number of nitrogen functional groups attached to an aromatic ring is 1. The van der Waals surface area contributed by atoms with Crippen LogP contribution in [0.25, 0.3) is 16.6 Å². The highest BCUT2D eigenvalue weighted by Gasteiger charge is 2.29. The lowest BCUT2D eigenvalue weighted by Crippen LogP contribution is -2.27. The summed E-state index contributed by atoms with van der Waals surface area (Å²) in [5.74, 6) is 5.84. The summed E-state index contributed by atoms with van der Waals surface area (Å²) in [4.78, 5) is 31.0. The van der Waals surface area contributed by atoms with Crippen LogP contribution in [0.3, 0.4) is 0 Å². The molecular weight excluding hydrogens is 449 g/mol. The van der Waals surface area contributed by atoms with Crippen molar-refractivity contribution in [2.75, 3.05) is 18.8 Å². The minimum atomic E-state index is -0.466. The van der Waals surface area contributed by atoms with Crippen LogP contribution in [0.15, 0.2) is 42.1 Å². The molecular formula is C25H22FN7O2. The Hall–Kier alpha value is -4.39. The fourth-order valence-corrected chi connectivity index (χ4v) is 4.75. The molecule has 1 aliphatic heterocycles. The van der Waals surface area contributed by atoms with Crippen LogP contribution in [0.5, 0.6) is 0 Å². The van der Waals surface area contributed by atoms with E-state index in [-0.39, 0.29) is 23.3 Å². The number of hydrogen-bond donors (Lipinski definition) is 2.